The van der Waals surface area contributed by atoms with Crippen molar-refractivity contribution < 1.29 is 19.4 Å². The van der Waals surface area contributed by atoms with E-state index >= 15 is 0 Å². The Morgan fingerprint density at radius 2 is 2.10 bits per heavy atom. The Kier molecular flexibility index (Phi) is 4.26. The molecule has 0 saturated heterocycles. The Labute approximate surface area is 123 Å². The summed E-state index contributed by atoms with van der Waals surface area (Å²) in [7, 11) is 0. The molecule has 2 aromatic rings. The van der Waals surface area contributed by atoms with Crippen molar-refractivity contribution in [3.63, 3.8) is 0 Å². The lowest BCUT2D eigenvalue weighted by atomic mass is 10.1. The number of hydrogen-bond donors (Lipinski definition) is 2. The quantitative estimate of drug-likeness (QED) is 0.888. The minimum atomic E-state index is -0.992. The van der Waals surface area contributed by atoms with Gasteiger partial charge >= 0.3 is 5.97 Å². The second-order valence-corrected chi connectivity index (χ2v) is 5.23. The van der Waals surface area contributed by atoms with E-state index in [0.717, 1.165) is 11.3 Å². The normalized spacial score (nSPS) is 10.2. The van der Waals surface area contributed by atoms with Gasteiger partial charge in [0.1, 0.15) is 17.2 Å². The van der Waals surface area contributed by atoms with Crippen LogP contribution in [0.3, 0.4) is 0 Å². The number of hydrogen-bond acceptors (Lipinski definition) is 4. The summed E-state index contributed by atoms with van der Waals surface area (Å²) in [5, 5.41) is 10.8. The monoisotopic (exact) mass is 311 g/mol. The van der Waals surface area contributed by atoms with E-state index in [1.54, 1.807) is 17.5 Å². The summed E-state index contributed by atoms with van der Waals surface area (Å²) in [6, 6.07) is 6.12. The summed E-state index contributed by atoms with van der Waals surface area (Å²) < 4.78 is 5.45. The Morgan fingerprint density at radius 1 is 1.35 bits per heavy atom. The van der Waals surface area contributed by atoms with E-state index in [4.69, 9.17) is 27.2 Å². The van der Waals surface area contributed by atoms with E-state index in [0.29, 0.717) is 21.9 Å². The van der Waals surface area contributed by atoms with Gasteiger partial charge in [0.25, 0.3) is 0 Å². The summed E-state index contributed by atoms with van der Waals surface area (Å²) in [5.41, 5.74) is 6.15. The van der Waals surface area contributed by atoms with Gasteiger partial charge in [-0.3, -0.25) is 4.79 Å². The first kappa shape index (κ1) is 14.4. The molecule has 20 heavy (non-hydrogen) atoms. The highest BCUT2D eigenvalue weighted by molar-refractivity contribution is 7.12. The number of rotatable bonds is 5. The van der Waals surface area contributed by atoms with Crippen LogP contribution in [0.1, 0.15) is 25.6 Å². The highest BCUT2D eigenvalue weighted by Crippen LogP contribution is 2.24. The first-order valence-electron chi connectivity index (χ1n) is 5.50. The van der Waals surface area contributed by atoms with Gasteiger partial charge in [-0.25, -0.2) is 4.79 Å². The molecule has 1 aromatic carbocycles. The maximum absolute atomic E-state index is 11.0. The molecule has 1 amide bonds. The number of primary amides is 1. The van der Waals surface area contributed by atoms with Crippen LogP contribution >= 0.6 is 22.9 Å². The Hall–Kier alpha value is -2.05. The molecule has 1 heterocycles. The largest absolute Gasteiger partial charge is 0.488 e. The van der Waals surface area contributed by atoms with Gasteiger partial charge in [0.15, 0.2) is 0 Å². The number of amides is 1. The van der Waals surface area contributed by atoms with Crippen molar-refractivity contribution in [1.29, 1.82) is 0 Å². The number of nitrogens with two attached hydrogens (primary N) is 1. The topological polar surface area (TPSA) is 89.6 Å². The second-order valence-electron chi connectivity index (χ2n) is 3.91. The molecule has 0 aliphatic carbocycles. The Bertz CT molecular complexity index is 668. The minimum Gasteiger partial charge on any atom is -0.488 e. The summed E-state index contributed by atoms with van der Waals surface area (Å²) in [5.74, 6) is -1.08. The molecule has 2 rings (SSSR count). The SMILES string of the molecule is NC(=O)c1ccc(COc2csc(C(=O)O)c2)c(Cl)c1. The van der Waals surface area contributed by atoms with Crippen molar-refractivity contribution >= 4 is 34.8 Å². The van der Waals surface area contributed by atoms with Crippen LogP contribution in [-0.2, 0) is 6.61 Å². The van der Waals surface area contributed by atoms with Gasteiger partial charge < -0.3 is 15.6 Å². The van der Waals surface area contributed by atoms with Gasteiger partial charge in [0.05, 0.1) is 0 Å². The number of carbonyl (C=O) groups is 2. The van der Waals surface area contributed by atoms with Gasteiger partial charge in [0, 0.05) is 27.6 Å². The number of carboxylic acids is 1. The van der Waals surface area contributed by atoms with Crippen LogP contribution in [0.5, 0.6) is 5.75 Å². The number of carboxylic acid groups (broad SMARTS) is 1. The predicted octanol–water partition coefficient (Wildman–Crippen LogP) is 2.78. The van der Waals surface area contributed by atoms with Crippen molar-refractivity contribution in [2.45, 2.75) is 6.61 Å². The third-order valence-corrected chi connectivity index (χ3v) is 3.77. The number of ether oxygens (including phenoxy) is 1. The predicted molar refractivity (Wildman–Crippen MR) is 75.6 cm³/mol. The van der Waals surface area contributed by atoms with Crippen LogP contribution in [0.4, 0.5) is 0 Å². The maximum atomic E-state index is 11.0. The van der Waals surface area contributed by atoms with E-state index in [2.05, 4.69) is 0 Å². The van der Waals surface area contributed by atoms with E-state index in [1.807, 2.05) is 0 Å². The number of halogens is 1. The molecule has 0 saturated carbocycles. The zero-order valence-corrected chi connectivity index (χ0v) is 11.7. The third-order valence-electron chi connectivity index (χ3n) is 2.52. The first-order chi connectivity index (χ1) is 9.47. The van der Waals surface area contributed by atoms with E-state index in [1.165, 1.54) is 12.1 Å². The fraction of sp³-hybridized carbons (Fsp3) is 0.0769. The summed E-state index contributed by atoms with van der Waals surface area (Å²) >= 11 is 7.10. The van der Waals surface area contributed by atoms with Gasteiger partial charge in [-0.1, -0.05) is 17.7 Å². The van der Waals surface area contributed by atoms with Crippen molar-refractivity contribution in [3.8, 4) is 5.75 Å². The molecule has 0 aliphatic heterocycles. The molecule has 5 nitrogen and oxygen atoms in total. The van der Waals surface area contributed by atoms with Crippen molar-refractivity contribution in [1.82, 2.24) is 0 Å². The lowest BCUT2D eigenvalue weighted by molar-refractivity contribution is 0.0701. The Balaban J connectivity index is 2.06. The molecule has 104 valence electrons. The van der Waals surface area contributed by atoms with Gasteiger partial charge in [-0.2, -0.15) is 0 Å². The van der Waals surface area contributed by atoms with Crippen LogP contribution in [0, 0.1) is 0 Å². The van der Waals surface area contributed by atoms with Crippen molar-refractivity contribution in [2.75, 3.05) is 0 Å². The summed E-state index contributed by atoms with van der Waals surface area (Å²) in [4.78, 5) is 21.9. The van der Waals surface area contributed by atoms with Gasteiger partial charge in [-0.15, -0.1) is 11.3 Å². The molecule has 0 aliphatic rings. The van der Waals surface area contributed by atoms with E-state index in [9.17, 15) is 9.59 Å². The van der Waals surface area contributed by atoms with Crippen LogP contribution in [-0.4, -0.2) is 17.0 Å². The van der Waals surface area contributed by atoms with Gasteiger partial charge in [-0.05, 0) is 12.1 Å². The molecule has 7 heteroatoms. The van der Waals surface area contributed by atoms with Crippen LogP contribution in [0.2, 0.25) is 5.02 Å². The summed E-state index contributed by atoms with van der Waals surface area (Å²) in [6.45, 7) is 0.174. The smallest absolute Gasteiger partial charge is 0.346 e. The number of aromatic carboxylic acids is 1. The maximum Gasteiger partial charge on any atom is 0.346 e. The average Bonchev–Trinajstić information content (AvgIpc) is 2.86. The average molecular weight is 312 g/mol. The molecular weight excluding hydrogens is 302 g/mol. The fourth-order valence-corrected chi connectivity index (χ4v) is 2.38. The van der Waals surface area contributed by atoms with E-state index < -0.39 is 11.9 Å². The standard InChI is InChI=1S/C13H10ClNO4S/c14-10-3-7(12(15)16)1-2-8(10)5-19-9-4-11(13(17)18)20-6-9/h1-4,6H,5H2,(H2,15,16)(H,17,18). The van der Waals surface area contributed by atoms with Gasteiger partial charge in [0.2, 0.25) is 5.91 Å². The molecule has 3 N–H and O–H groups in total. The molecule has 1 aromatic heterocycles. The molecule has 0 unspecified atom stereocenters. The number of carbonyl (C=O) groups excluding carboxylic acids is 1. The van der Waals surface area contributed by atoms with Crippen LogP contribution < -0.4 is 10.5 Å². The zero-order valence-electron chi connectivity index (χ0n) is 10.1. The lowest BCUT2D eigenvalue weighted by Gasteiger charge is -2.07. The van der Waals surface area contributed by atoms with Crippen LogP contribution in [0.25, 0.3) is 0 Å². The lowest BCUT2D eigenvalue weighted by Crippen LogP contribution is -2.11. The molecule has 0 bridgehead atoms. The Morgan fingerprint density at radius 3 is 2.65 bits per heavy atom. The molecular formula is C13H10ClNO4S. The molecule has 0 atom stereocenters. The number of thiophene rings is 1. The minimum absolute atomic E-state index is 0.174. The first-order valence-corrected chi connectivity index (χ1v) is 6.76. The molecule has 0 radical (unpaired) electrons. The van der Waals surface area contributed by atoms with Crippen LogP contribution in [0.15, 0.2) is 29.6 Å². The molecule has 0 fully saturated rings. The zero-order chi connectivity index (χ0) is 14.7. The second kappa shape index (κ2) is 5.94. The van der Waals surface area contributed by atoms with E-state index in [-0.39, 0.29) is 11.5 Å². The third kappa shape index (κ3) is 3.28. The highest BCUT2D eigenvalue weighted by Gasteiger charge is 2.09. The van der Waals surface area contributed by atoms with Crippen molar-refractivity contribution in [2.24, 2.45) is 5.73 Å². The summed E-state index contributed by atoms with van der Waals surface area (Å²) in [6.07, 6.45) is 0. The fourth-order valence-electron chi connectivity index (χ4n) is 1.49. The van der Waals surface area contributed by atoms with Crippen molar-refractivity contribution in [3.05, 3.63) is 50.7 Å². The molecule has 0 spiro atoms. The highest BCUT2D eigenvalue weighted by atomic mass is 35.5. The number of benzene rings is 1.